The van der Waals surface area contributed by atoms with E-state index in [1.54, 1.807) is 0 Å². The topological polar surface area (TPSA) is 52.0 Å². The van der Waals surface area contributed by atoms with Gasteiger partial charge >= 0.3 is 0 Å². The van der Waals surface area contributed by atoms with Crippen LogP contribution >= 0.6 is 0 Å². The van der Waals surface area contributed by atoms with E-state index in [9.17, 15) is 0 Å². The van der Waals surface area contributed by atoms with Crippen molar-refractivity contribution < 1.29 is 0 Å². The van der Waals surface area contributed by atoms with E-state index in [0.717, 1.165) is 36.8 Å². The van der Waals surface area contributed by atoms with E-state index in [0.29, 0.717) is 5.41 Å². The Morgan fingerprint density at radius 3 is 2.67 bits per heavy atom. The molecule has 0 spiro atoms. The summed E-state index contributed by atoms with van der Waals surface area (Å²) in [6.07, 6.45) is 4.33. The zero-order valence-electron chi connectivity index (χ0n) is 7.50. The molecule has 0 amide bonds. The zero-order valence-corrected chi connectivity index (χ0v) is 7.50. The summed E-state index contributed by atoms with van der Waals surface area (Å²) in [7, 11) is 0. The Balaban J connectivity index is 1.97. The van der Waals surface area contributed by atoms with Crippen LogP contribution in [0.1, 0.15) is 19.3 Å². The van der Waals surface area contributed by atoms with Gasteiger partial charge in [-0.2, -0.15) is 0 Å². The fraction of sp³-hybridized carbons (Fsp3) is 1.00. The van der Waals surface area contributed by atoms with Gasteiger partial charge in [0, 0.05) is 0 Å². The lowest BCUT2D eigenvalue weighted by molar-refractivity contribution is -0.0350. The summed E-state index contributed by atoms with van der Waals surface area (Å²) in [5, 5.41) is 0. The van der Waals surface area contributed by atoms with Crippen LogP contribution in [0.25, 0.3) is 0 Å². The van der Waals surface area contributed by atoms with Gasteiger partial charge < -0.3 is 11.5 Å². The molecule has 5 atom stereocenters. The van der Waals surface area contributed by atoms with Crippen LogP contribution in [-0.2, 0) is 0 Å². The van der Waals surface area contributed by atoms with E-state index in [4.69, 9.17) is 11.5 Å². The lowest BCUT2D eigenvalue weighted by Gasteiger charge is -2.52. The first-order chi connectivity index (χ1) is 5.84. The molecule has 0 saturated heterocycles. The van der Waals surface area contributed by atoms with Crippen molar-refractivity contribution in [2.75, 3.05) is 13.1 Å². The quantitative estimate of drug-likeness (QED) is 0.630. The van der Waals surface area contributed by atoms with Crippen LogP contribution in [-0.4, -0.2) is 13.1 Å². The van der Waals surface area contributed by atoms with Gasteiger partial charge in [0.2, 0.25) is 0 Å². The number of nitrogens with two attached hydrogens (primary N) is 2. The Kier molecular flexibility index (Phi) is 1.25. The molecule has 0 heterocycles. The molecule has 12 heavy (non-hydrogen) atoms. The van der Waals surface area contributed by atoms with Crippen molar-refractivity contribution in [1.82, 2.24) is 0 Å². The minimum atomic E-state index is 0.527. The van der Waals surface area contributed by atoms with Gasteiger partial charge in [0.05, 0.1) is 0 Å². The summed E-state index contributed by atoms with van der Waals surface area (Å²) in [5.74, 6) is 3.68. The van der Waals surface area contributed by atoms with E-state index in [2.05, 4.69) is 0 Å². The molecule has 4 rings (SSSR count). The Morgan fingerprint density at radius 1 is 1.25 bits per heavy atom. The molecule has 4 N–H and O–H groups in total. The summed E-state index contributed by atoms with van der Waals surface area (Å²) in [4.78, 5) is 0. The monoisotopic (exact) mass is 166 g/mol. The Morgan fingerprint density at radius 2 is 2.08 bits per heavy atom. The molecule has 0 aliphatic heterocycles. The van der Waals surface area contributed by atoms with Gasteiger partial charge in [0.1, 0.15) is 0 Å². The highest BCUT2D eigenvalue weighted by atomic mass is 14.8. The third-order valence-electron chi connectivity index (χ3n) is 5.16. The van der Waals surface area contributed by atoms with Crippen LogP contribution < -0.4 is 11.5 Å². The fourth-order valence-corrected chi connectivity index (χ4v) is 4.83. The molecule has 4 fully saturated rings. The second-order valence-electron chi connectivity index (χ2n) is 4.94. The van der Waals surface area contributed by atoms with Crippen LogP contribution in [0.3, 0.4) is 0 Å². The summed E-state index contributed by atoms with van der Waals surface area (Å²) < 4.78 is 0. The maximum Gasteiger partial charge on any atom is -0.00119 e. The average Bonchev–Trinajstić information content (AvgIpc) is 2.65. The predicted molar refractivity (Wildman–Crippen MR) is 48.4 cm³/mol. The first kappa shape index (κ1) is 7.34. The molecule has 2 nitrogen and oxygen atoms in total. The number of hydrogen-bond acceptors (Lipinski definition) is 2. The molecule has 4 aliphatic carbocycles. The van der Waals surface area contributed by atoms with Crippen LogP contribution in [0, 0.1) is 29.1 Å². The van der Waals surface area contributed by atoms with Crippen molar-refractivity contribution in [3.05, 3.63) is 0 Å². The molecule has 0 radical (unpaired) electrons. The highest BCUT2D eigenvalue weighted by molar-refractivity contribution is 5.21. The van der Waals surface area contributed by atoms with Crippen molar-refractivity contribution in [3.8, 4) is 0 Å². The SMILES string of the molecule is NCC1C2CC3CCC2C31CN. The van der Waals surface area contributed by atoms with Gasteiger partial charge in [-0.25, -0.2) is 0 Å². The molecule has 0 aromatic carbocycles. The summed E-state index contributed by atoms with van der Waals surface area (Å²) >= 11 is 0. The lowest BCUT2D eigenvalue weighted by atomic mass is 9.53. The molecule has 4 bridgehead atoms. The van der Waals surface area contributed by atoms with Crippen LogP contribution in [0.2, 0.25) is 0 Å². The van der Waals surface area contributed by atoms with E-state index in [1.165, 1.54) is 19.3 Å². The summed E-state index contributed by atoms with van der Waals surface area (Å²) in [5.41, 5.74) is 12.3. The van der Waals surface area contributed by atoms with Gasteiger partial charge in [-0.05, 0) is 61.4 Å². The third-order valence-corrected chi connectivity index (χ3v) is 5.16. The van der Waals surface area contributed by atoms with Crippen molar-refractivity contribution in [3.63, 3.8) is 0 Å². The number of hydrogen-bond donors (Lipinski definition) is 2. The third kappa shape index (κ3) is 0.495. The molecular formula is C10H18N2. The Labute approximate surface area is 73.7 Å². The normalized spacial score (nSPS) is 60.5. The van der Waals surface area contributed by atoms with Gasteiger partial charge in [0.15, 0.2) is 0 Å². The molecule has 68 valence electrons. The lowest BCUT2D eigenvalue weighted by Crippen LogP contribution is -2.56. The molecular weight excluding hydrogens is 148 g/mol. The first-order valence-electron chi connectivity index (χ1n) is 5.24. The van der Waals surface area contributed by atoms with Crippen molar-refractivity contribution in [2.24, 2.45) is 40.6 Å². The molecule has 0 aromatic heterocycles. The Hall–Kier alpha value is -0.0800. The van der Waals surface area contributed by atoms with Crippen LogP contribution in [0.5, 0.6) is 0 Å². The molecule has 0 aromatic rings. The standard InChI is InChI=1S/C10H18N2/c11-4-9-7-3-6-1-2-8(7)10(6,9)5-12/h6-9H,1-5,11-12H2. The largest absolute Gasteiger partial charge is 0.330 e. The van der Waals surface area contributed by atoms with Gasteiger partial charge in [0.25, 0.3) is 0 Å². The molecule has 4 saturated carbocycles. The maximum atomic E-state index is 5.94. The molecule has 4 aliphatic rings. The fourth-order valence-electron chi connectivity index (χ4n) is 4.83. The summed E-state index contributed by atoms with van der Waals surface area (Å²) in [6, 6.07) is 0. The zero-order chi connectivity index (χ0) is 8.34. The second kappa shape index (κ2) is 2.05. The van der Waals surface area contributed by atoms with E-state index >= 15 is 0 Å². The molecule has 2 heteroatoms. The number of rotatable bonds is 2. The van der Waals surface area contributed by atoms with E-state index in [1.807, 2.05) is 0 Å². The minimum Gasteiger partial charge on any atom is -0.330 e. The highest BCUT2D eigenvalue weighted by Crippen LogP contribution is 2.75. The van der Waals surface area contributed by atoms with E-state index in [-0.39, 0.29) is 0 Å². The van der Waals surface area contributed by atoms with Gasteiger partial charge in [-0.15, -0.1) is 0 Å². The first-order valence-corrected chi connectivity index (χ1v) is 5.24. The highest BCUT2D eigenvalue weighted by Gasteiger charge is 2.71. The average molecular weight is 166 g/mol. The van der Waals surface area contributed by atoms with Crippen molar-refractivity contribution in [2.45, 2.75) is 19.3 Å². The minimum absolute atomic E-state index is 0.527. The maximum absolute atomic E-state index is 5.94. The van der Waals surface area contributed by atoms with E-state index < -0.39 is 0 Å². The molecule has 5 unspecified atom stereocenters. The van der Waals surface area contributed by atoms with Gasteiger partial charge in [-0.3, -0.25) is 0 Å². The van der Waals surface area contributed by atoms with Gasteiger partial charge in [-0.1, -0.05) is 0 Å². The van der Waals surface area contributed by atoms with Crippen molar-refractivity contribution >= 4 is 0 Å². The second-order valence-corrected chi connectivity index (χ2v) is 4.94. The summed E-state index contributed by atoms with van der Waals surface area (Å²) in [6.45, 7) is 1.79. The van der Waals surface area contributed by atoms with Crippen LogP contribution in [0.15, 0.2) is 0 Å². The smallest absolute Gasteiger partial charge is 0.00119 e. The van der Waals surface area contributed by atoms with Crippen LogP contribution in [0.4, 0.5) is 0 Å². The van der Waals surface area contributed by atoms with Crippen molar-refractivity contribution in [1.29, 1.82) is 0 Å². The predicted octanol–water partition coefficient (Wildman–Crippen LogP) is 0.566. The Bertz CT molecular complexity index is 208.